The number of rotatable bonds is 7. The maximum Gasteiger partial charge on any atom is 0.410 e. The molecule has 36 heavy (non-hydrogen) atoms. The van der Waals surface area contributed by atoms with E-state index in [-0.39, 0.29) is 24.6 Å². The molecule has 1 aliphatic carbocycles. The van der Waals surface area contributed by atoms with E-state index < -0.39 is 41.4 Å². The van der Waals surface area contributed by atoms with Crippen molar-refractivity contribution in [1.29, 1.82) is 0 Å². The highest BCUT2D eigenvalue weighted by Crippen LogP contribution is 2.37. The monoisotopic (exact) mass is 566 g/mol. The number of hydrogen-bond donors (Lipinski definition) is 2. The standard InChI is InChI=1S/C27H33BrF2N2O4/c1-16(33)31-23(12-17-10-20(29)14-21(30)11-17)25(34)15-32(26(35)36-27(2,3)4)24-7-5-6-18-8-9-19(28)13-22(18)24/h8-11,13-14,23-25,34H,5-7,12,15H2,1-4H3,(H,31,33)/t23-,24?,25+/m0/s1. The maximum absolute atomic E-state index is 13.8. The van der Waals surface area contributed by atoms with Crippen LogP contribution in [0.15, 0.2) is 40.9 Å². The van der Waals surface area contributed by atoms with Gasteiger partial charge in [0.2, 0.25) is 5.91 Å². The van der Waals surface area contributed by atoms with Gasteiger partial charge >= 0.3 is 6.09 Å². The second-order valence-corrected chi connectivity index (χ2v) is 11.2. The number of nitrogens with one attached hydrogen (secondary N) is 1. The Morgan fingerprint density at radius 2 is 1.86 bits per heavy atom. The van der Waals surface area contributed by atoms with Gasteiger partial charge in [-0.05, 0) is 87.4 Å². The van der Waals surface area contributed by atoms with Crippen molar-refractivity contribution in [1.82, 2.24) is 10.2 Å². The number of aliphatic hydroxyl groups excluding tert-OH is 1. The van der Waals surface area contributed by atoms with E-state index in [1.54, 1.807) is 20.8 Å². The molecule has 0 saturated heterocycles. The molecule has 1 unspecified atom stereocenters. The predicted molar refractivity (Wildman–Crippen MR) is 136 cm³/mol. The third-order valence-electron chi connectivity index (χ3n) is 6.01. The van der Waals surface area contributed by atoms with Crippen molar-refractivity contribution in [2.24, 2.45) is 0 Å². The van der Waals surface area contributed by atoms with E-state index in [4.69, 9.17) is 4.74 Å². The van der Waals surface area contributed by atoms with Gasteiger partial charge in [0.25, 0.3) is 0 Å². The molecule has 0 fully saturated rings. The lowest BCUT2D eigenvalue weighted by atomic mass is 9.86. The van der Waals surface area contributed by atoms with Crippen molar-refractivity contribution in [2.45, 2.75) is 77.2 Å². The summed E-state index contributed by atoms with van der Waals surface area (Å²) in [5.41, 5.74) is 1.61. The molecule has 2 aromatic rings. The summed E-state index contributed by atoms with van der Waals surface area (Å²) in [6, 6.07) is 7.79. The molecule has 1 aliphatic rings. The summed E-state index contributed by atoms with van der Waals surface area (Å²) >= 11 is 3.51. The zero-order chi connectivity index (χ0) is 26.6. The zero-order valence-electron chi connectivity index (χ0n) is 21.0. The van der Waals surface area contributed by atoms with E-state index in [0.29, 0.717) is 6.42 Å². The van der Waals surface area contributed by atoms with Gasteiger partial charge in [-0.3, -0.25) is 9.69 Å². The van der Waals surface area contributed by atoms with E-state index >= 15 is 0 Å². The molecule has 2 aromatic carbocycles. The molecule has 3 atom stereocenters. The number of aryl methyl sites for hydroxylation is 1. The average Bonchev–Trinajstić information content (AvgIpc) is 2.74. The Balaban J connectivity index is 1.93. The molecule has 6 nitrogen and oxygen atoms in total. The summed E-state index contributed by atoms with van der Waals surface area (Å²) in [6.07, 6.45) is 0.568. The van der Waals surface area contributed by atoms with Crippen molar-refractivity contribution in [3.63, 3.8) is 0 Å². The summed E-state index contributed by atoms with van der Waals surface area (Å²) in [6.45, 7) is 6.46. The van der Waals surface area contributed by atoms with Crippen molar-refractivity contribution < 1.29 is 28.2 Å². The first-order valence-corrected chi connectivity index (χ1v) is 12.8. The molecule has 0 bridgehead atoms. The Hall–Kier alpha value is -2.52. The van der Waals surface area contributed by atoms with Gasteiger partial charge in [0.15, 0.2) is 0 Å². The molecular formula is C27H33BrF2N2O4. The summed E-state index contributed by atoms with van der Waals surface area (Å²) in [5, 5.41) is 13.9. The predicted octanol–water partition coefficient (Wildman–Crippen LogP) is 5.45. The Kier molecular flexibility index (Phi) is 9.11. The van der Waals surface area contributed by atoms with Gasteiger partial charge in [-0.2, -0.15) is 0 Å². The van der Waals surface area contributed by atoms with Crippen LogP contribution >= 0.6 is 15.9 Å². The summed E-state index contributed by atoms with van der Waals surface area (Å²) < 4.78 is 34.1. The van der Waals surface area contributed by atoms with Gasteiger partial charge in [0.05, 0.1) is 24.7 Å². The van der Waals surface area contributed by atoms with Crippen molar-refractivity contribution >= 4 is 27.9 Å². The van der Waals surface area contributed by atoms with Gasteiger partial charge < -0.3 is 15.2 Å². The van der Waals surface area contributed by atoms with Crippen LogP contribution in [-0.4, -0.2) is 46.3 Å². The normalized spacial score (nSPS) is 17.1. The largest absolute Gasteiger partial charge is 0.444 e. The molecule has 0 spiro atoms. The third kappa shape index (κ3) is 7.74. The third-order valence-corrected chi connectivity index (χ3v) is 6.50. The fraction of sp³-hybridized carbons (Fsp3) is 0.481. The van der Waals surface area contributed by atoms with Crippen molar-refractivity contribution in [3.05, 3.63) is 69.2 Å². The molecular weight excluding hydrogens is 534 g/mol. The van der Waals surface area contributed by atoms with Crippen LogP contribution in [0, 0.1) is 11.6 Å². The van der Waals surface area contributed by atoms with E-state index in [0.717, 1.165) is 46.6 Å². The van der Waals surface area contributed by atoms with Gasteiger partial charge in [-0.15, -0.1) is 0 Å². The first-order chi connectivity index (χ1) is 16.8. The van der Waals surface area contributed by atoms with Crippen LogP contribution in [0.3, 0.4) is 0 Å². The smallest absolute Gasteiger partial charge is 0.410 e. The molecule has 0 saturated carbocycles. The number of nitrogens with zero attached hydrogens (tertiary/aromatic N) is 1. The lowest BCUT2D eigenvalue weighted by molar-refractivity contribution is -0.120. The van der Waals surface area contributed by atoms with Gasteiger partial charge in [0.1, 0.15) is 17.2 Å². The zero-order valence-corrected chi connectivity index (χ0v) is 22.6. The Labute approximate surface area is 219 Å². The average molecular weight is 567 g/mol. The molecule has 3 rings (SSSR count). The Morgan fingerprint density at radius 1 is 1.19 bits per heavy atom. The highest BCUT2D eigenvalue weighted by molar-refractivity contribution is 9.10. The van der Waals surface area contributed by atoms with E-state index in [2.05, 4.69) is 21.2 Å². The van der Waals surface area contributed by atoms with E-state index in [1.807, 2.05) is 18.2 Å². The van der Waals surface area contributed by atoms with E-state index in [1.165, 1.54) is 11.8 Å². The number of ether oxygens (including phenoxy) is 1. The van der Waals surface area contributed by atoms with Crippen LogP contribution in [-0.2, 0) is 22.4 Å². The topological polar surface area (TPSA) is 78.9 Å². The molecule has 0 heterocycles. The van der Waals surface area contributed by atoms with Crippen LogP contribution in [0.2, 0.25) is 0 Å². The highest BCUT2D eigenvalue weighted by Gasteiger charge is 2.35. The Bertz CT molecular complexity index is 1090. The number of amides is 2. The number of hydrogen-bond acceptors (Lipinski definition) is 4. The number of fused-ring (bicyclic) bond motifs is 1. The quantitative estimate of drug-likeness (QED) is 0.467. The molecule has 0 aromatic heterocycles. The number of aliphatic hydroxyl groups is 1. The SMILES string of the molecule is CC(=O)N[C@@H](Cc1cc(F)cc(F)c1)[C@H](O)CN(C(=O)OC(C)(C)C)C1CCCc2ccc(Br)cc21. The van der Waals surface area contributed by atoms with E-state index in [9.17, 15) is 23.5 Å². The van der Waals surface area contributed by atoms with Gasteiger partial charge in [-0.25, -0.2) is 13.6 Å². The first kappa shape index (κ1) is 28.1. The first-order valence-electron chi connectivity index (χ1n) is 12.0. The minimum absolute atomic E-state index is 0.0234. The fourth-order valence-electron chi connectivity index (χ4n) is 4.57. The number of benzene rings is 2. The number of halogens is 3. The van der Waals surface area contributed by atoms with Crippen LogP contribution < -0.4 is 5.32 Å². The lowest BCUT2D eigenvalue weighted by Gasteiger charge is -2.39. The number of carbonyl (C=O) groups is 2. The maximum atomic E-state index is 13.8. The van der Waals surface area contributed by atoms with Crippen LogP contribution in [0.5, 0.6) is 0 Å². The second kappa shape index (κ2) is 11.7. The molecule has 0 aliphatic heterocycles. The molecule has 2 N–H and O–H groups in total. The summed E-state index contributed by atoms with van der Waals surface area (Å²) in [7, 11) is 0. The fourth-order valence-corrected chi connectivity index (χ4v) is 4.95. The van der Waals surface area contributed by atoms with Gasteiger partial charge in [-0.1, -0.05) is 22.0 Å². The van der Waals surface area contributed by atoms with Gasteiger partial charge in [0, 0.05) is 17.5 Å². The lowest BCUT2D eigenvalue weighted by Crippen LogP contribution is -2.51. The van der Waals surface area contributed by atoms with Crippen LogP contribution in [0.4, 0.5) is 13.6 Å². The highest BCUT2D eigenvalue weighted by atomic mass is 79.9. The minimum Gasteiger partial charge on any atom is -0.444 e. The summed E-state index contributed by atoms with van der Waals surface area (Å²) in [5.74, 6) is -1.91. The molecule has 9 heteroatoms. The van der Waals surface area contributed by atoms with Crippen molar-refractivity contribution in [2.75, 3.05) is 6.54 Å². The van der Waals surface area contributed by atoms with Crippen molar-refractivity contribution in [3.8, 4) is 0 Å². The number of carbonyl (C=O) groups excluding carboxylic acids is 2. The van der Waals surface area contributed by atoms with Crippen LogP contribution in [0.1, 0.15) is 63.3 Å². The summed E-state index contributed by atoms with van der Waals surface area (Å²) in [4.78, 5) is 26.8. The van der Waals surface area contributed by atoms with Crippen LogP contribution in [0.25, 0.3) is 0 Å². The minimum atomic E-state index is -1.23. The Morgan fingerprint density at radius 3 is 2.47 bits per heavy atom. The molecule has 2 amide bonds. The molecule has 196 valence electrons. The molecule has 0 radical (unpaired) electrons. The second-order valence-electron chi connectivity index (χ2n) is 10.2.